The van der Waals surface area contributed by atoms with Crippen molar-refractivity contribution >= 4 is 57.6 Å². The summed E-state index contributed by atoms with van der Waals surface area (Å²) in [6, 6.07) is 41.3. The highest BCUT2D eigenvalue weighted by Gasteiger charge is 2.16. The van der Waals surface area contributed by atoms with Gasteiger partial charge in [-0.15, -0.1) is 11.3 Å². The highest BCUT2D eigenvalue weighted by atomic mass is 32.1. The van der Waals surface area contributed by atoms with Gasteiger partial charge < -0.3 is 18.9 Å². The molecule has 0 aliphatic carbocycles. The first-order chi connectivity index (χ1) is 30.7. The molecule has 0 saturated carbocycles. The minimum Gasteiger partial charge on any atom is -0.427 e. The first kappa shape index (κ1) is 43.9. The molecule has 9 nitrogen and oxygen atoms in total. The lowest BCUT2D eigenvalue weighted by Crippen LogP contribution is -2.12. The summed E-state index contributed by atoms with van der Waals surface area (Å²) >= 11 is 1.50. The monoisotopic (exact) mass is 857 g/mol. The average molecular weight is 858 g/mol. The fraction of sp³-hybridized carbons (Fsp3) is 0.189. The zero-order valence-corrected chi connectivity index (χ0v) is 36.0. The van der Waals surface area contributed by atoms with Crippen LogP contribution in [0.2, 0.25) is 0 Å². The molecule has 10 heteroatoms. The Balaban J connectivity index is 0.979. The Bertz CT molecular complexity index is 2670. The minimum absolute atomic E-state index is 0.210. The number of aryl methyl sites for hydroxylation is 4. The molecule has 0 N–H and O–H groups in total. The quantitative estimate of drug-likeness (QED) is 0.0614. The molecule has 318 valence electrons. The van der Waals surface area contributed by atoms with Gasteiger partial charge in [-0.05, 0) is 139 Å². The molecular formula is C53H47NO8S. The van der Waals surface area contributed by atoms with Crippen LogP contribution in [0.4, 0.5) is 0 Å². The van der Waals surface area contributed by atoms with Crippen LogP contribution >= 0.6 is 11.3 Å². The number of aromatic nitrogens is 1. The molecule has 0 aliphatic heterocycles. The van der Waals surface area contributed by atoms with Gasteiger partial charge in [0.05, 0.1) is 21.3 Å². The van der Waals surface area contributed by atoms with E-state index in [1.54, 1.807) is 48.6 Å². The maximum Gasteiger partial charge on any atom is 0.343 e. The van der Waals surface area contributed by atoms with Gasteiger partial charge in [0.1, 0.15) is 28.0 Å². The third-order valence-electron chi connectivity index (χ3n) is 10.1. The molecule has 0 saturated heterocycles. The Morgan fingerprint density at radius 3 is 1.49 bits per heavy atom. The summed E-state index contributed by atoms with van der Waals surface area (Å²) < 4.78 is 23.7. The average Bonchev–Trinajstić information content (AvgIpc) is 3.72. The fourth-order valence-electron chi connectivity index (χ4n) is 6.76. The van der Waals surface area contributed by atoms with Crippen molar-refractivity contribution in [2.45, 2.75) is 65.2 Å². The van der Waals surface area contributed by atoms with Crippen molar-refractivity contribution < 1.29 is 38.1 Å². The number of para-hydroxylation sites is 1. The first-order valence-electron chi connectivity index (χ1n) is 21.1. The van der Waals surface area contributed by atoms with E-state index >= 15 is 0 Å². The number of carbonyl (C=O) groups is 4. The number of carbonyl (C=O) groups excluding carboxylic acids is 4. The molecule has 7 rings (SSSR count). The summed E-state index contributed by atoms with van der Waals surface area (Å²) in [5.41, 5.74) is 6.47. The van der Waals surface area contributed by atoms with E-state index in [0.29, 0.717) is 29.9 Å². The van der Waals surface area contributed by atoms with Gasteiger partial charge in [0, 0.05) is 18.4 Å². The molecule has 0 bridgehead atoms. The molecule has 0 amide bonds. The summed E-state index contributed by atoms with van der Waals surface area (Å²) in [5, 5.41) is 0.729. The standard InChI is InChI=1S/C53H47NO8S/c1-3-7-36-11-15-38(16-12-36)19-33-50(55)59-43-26-21-40(22-27-43)52(57)61-45-30-31-47(42(35-45)25-32-49-54-46-9-5-6-10-48(46)63-49)62-53(58)41-23-28-44(29-24-41)60-51(56)34-20-39-17-13-37(8-4-2)14-18-39/h5-6,9-18,21-32,35H,3-4,7-8,19-20,33-34H2,1-2H3/b32-25+. The lowest BCUT2D eigenvalue weighted by atomic mass is 10.0. The van der Waals surface area contributed by atoms with Crippen LogP contribution in [0.25, 0.3) is 22.4 Å². The molecule has 0 aliphatic rings. The Labute approximate surface area is 371 Å². The largest absolute Gasteiger partial charge is 0.427 e. The molecule has 0 fully saturated rings. The fourth-order valence-corrected chi connectivity index (χ4v) is 7.63. The van der Waals surface area contributed by atoms with Crippen molar-refractivity contribution in [3.05, 3.63) is 183 Å². The van der Waals surface area contributed by atoms with Gasteiger partial charge in [-0.25, -0.2) is 14.6 Å². The molecule has 7 aromatic rings. The Morgan fingerprint density at radius 2 is 0.984 bits per heavy atom. The van der Waals surface area contributed by atoms with Crippen LogP contribution in [-0.4, -0.2) is 28.9 Å². The smallest absolute Gasteiger partial charge is 0.343 e. The van der Waals surface area contributed by atoms with Crippen LogP contribution in [0.3, 0.4) is 0 Å². The van der Waals surface area contributed by atoms with Crippen molar-refractivity contribution in [2.75, 3.05) is 0 Å². The second-order valence-electron chi connectivity index (χ2n) is 15.0. The molecule has 63 heavy (non-hydrogen) atoms. The first-order valence-corrected chi connectivity index (χ1v) is 21.9. The highest BCUT2D eigenvalue weighted by Crippen LogP contribution is 2.30. The Kier molecular flexibility index (Phi) is 15.0. The highest BCUT2D eigenvalue weighted by molar-refractivity contribution is 7.19. The van der Waals surface area contributed by atoms with Crippen molar-refractivity contribution in [2.24, 2.45) is 0 Å². The van der Waals surface area contributed by atoms with E-state index in [4.69, 9.17) is 18.9 Å². The predicted octanol–water partition coefficient (Wildman–Crippen LogP) is 11.9. The lowest BCUT2D eigenvalue weighted by Gasteiger charge is -2.11. The minimum atomic E-state index is -0.638. The maximum atomic E-state index is 13.4. The van der Waals surface area contributed by atoms with Gasteiger partial charge >= 0.3 is 23.9 Å². The number of benzene rings is 6. The zero-order valence-electron chi connectivity index (χ0n) is 35.2. The van der Waals surface area contributed by atoms with E-state index in [0.717, 1.165) is 52.0 Å². The SMILES string of the molecule is CCCc1ccc(CCC(=O)Oc2ccc(C(=O)Oc3ccc(OC(=O)c4ccc(OC(=O)CCc5ccc(CCC)cc5)cc4)c(/C=C/c4nc5ccccc5s4)c3)cc2)cc1. The van der Waals surface area contributed by atoms with E-state index < -0.39 is 11.9 Å². The number of rotatable bonds is 18. The van der Waals surface area contributed by atoms with Crippen molar-refractivity contribution in [3.63, 3.8) is 0 Å². The van der Waals surface area contributed by atoms with Crippen LogP contribution in [0.15, 0.2) is 140 Å². The van der Waals surface area contributed by atoms with Crippen LogP contribution in [-0.2, 0) is 35.3 Å². The lowest BCUT2D eigenvalue weighted by molar-refractivity contribution is -0.135. The second kappa shape index (κ2) is 21.6. The van der Waals surface area contributed by atoms with Crippen LogP contribution < -0.4 is 18.9 Å². The molecule has 0 atom stereocenters. The molecule has 0 radical (unpaired) electrons. The third-order valence-corrected chi connectivity index (χ3v) is 11.1. The summed E-state index contributed by atoms with van der Waals surface area (Å²) in [7, 11) is 0. The molecular weight excluding hydrogens is 811 g/mol. The van der Waals surface area contributed by atoms with Crippen molar-refractivity contribution in [1.29, 1.82) is 0 Å². The van der Waals surface area contributed by atoms with Gasteiger partial charge in [-0.3, -0.25) is 9.59 Å². The number of fused-ring (bicyclic) bond motifs is 1. The van der Waals surface area contributed by atoms with Crippen LogP contribution in [0.1, 0.15) is 93.1 Å². The van der Waals surface area contributed by atoms with Crippen molar-refractivity contribution in [1.82, 2.24) is 4.98 Å². The number of nitrogens with zero attached hydrogens (tertiary/aromatic N) is 1. The Morgan fingerprint density at radius 1 is 0.508 bits per heavy atom. The van der Waals surface area contributed by atoms with E-state index in [1.165, 1.54) is 52.8 Å². The van der Waals surface area contributed by atoms with Gasteiger partial charge in [0.25, 0.3) is 0 Å². The number of thiazole rings is 1. The van der Waals surface area contributed by atoms with Gasteiger partial charge in [-0.2, -0.15) is 0 Å². The molecule has 1 aromatic heterocycles. The molecule has 1 heterocycles. The zero-order chi connectivity index (χ0) is 44.0. The Hall–Kier alpha value is -7.17. The third kappa shape index (κ3) is 12.7. The normalized spacial score (nSPS) is 11.1. The van der Waals surface area contributed by atoms with E-state index in [1.807, 2.05) is 48.5 Å². The van der Waals surface area contributed by atoms with Gasteiger partial charge in [0.15, 0.2) is 0 Å². The van der Waals surface area contributed by atoms with E-state index in [9.17, 15) is 19.2 Å². The van der Waals surface area contributed by atoms with Gasteiger partial charge in [-0.1, -0.05) is 87.4 Å². The van der Waals surface area contributed by atoms with Gasteiger partial charge in [0.2, 0.25) is 0 Å². The number of esters is 4. The molecule has 6 aromatic carbocycles. The summed E-state index contributed by atoms with van der Waals surface area (Å²) in [6.45, 7) is 4.29. The van der Waals surface area contributed by atoms with E-state index in [2.05, 4.69) is 43.1 Å². The summed E-state index contributed by atoms with van der Waals surface area (Å²) in [5.74, 6) is -0.955. The summed E-state index contributed by atoms with van der Waals surface area (Å²) in [4.78, 5) is 56.5. The molecule has 0 spiro atoms. The molecule has 0 unspecified atom stereocenters. The van der Waals surface area contributed by atoms with E-state index in [-0.39, 0.29) is 47.4 Å². The second-order valence-corrected chi connectivity index (χ2v) is 16.0. The summed E-state index contributed by atoms with van der Waals surface area (Å²) in [6.07, 6.45) is 9.31. The number of hydrogen-bond donors (Lipinski definition) is 0. The maximum absolute atomic E-state index is 13.4. The number of ether oxygens (including phenoxy) is 4. The van der Waals surface area contributed by atoms with Crippen molar-refractivity contribution in [3.8, 4) is 23.0 Å². The van der Waals surface area contributed by atoms with Crippen LogP contribution in [0.5, 0.6) is 23.0 Å². The number of hydrogen-bond acceptors (Lipinski definition) is 10. The predicted molar refractivity (Wildman–Crippen MR) is 247 cm³/mol. The van der Waals surface area contributed by atoms with Crippen LogP contribution in [0, 0.1) is 0 Å². The topological polar surface area (TPSA) is 118 Å².